The quantitative estimate of drug-likeness (QED) is 0.641. The van der Waals surface area contributed by atoms with E-state index in [9.17, 15) is 9.70 Å². The Bertz CT molecular complexity index is 508. The van der Waals surface area contributed by atoms with Crippen molar-refractivity contribution in [3.63, 3.8) is 0 Å². The number of para-hydroxylation sites is 1. The van der Waals surface area contributed by atoms with Gasteiger partial charge in [0.25, 0.3) is 0 Å². The highest BCUT2D eigenvalue weighted by Crippen LogP contribution is 2.11. The second-order valence-electron chi connectivity index (χ2n) is 2.79. The van der Waals surface area contributed by atoms with Crippen LogP contribution in [0.3, 0.4) is 0 Å². The van der Waals surface area contributed by atoms with Crippen LogP contribution in [0, 0.1) is 4.91 Å². The van der Waals surface area contributed by atoms with E-state index in [1.807, 2.05) is 18.2 Å². The van der Waals surface area contributed by atoms with Gasteiger partial charge in [0.15, 0.2) is 0 Å². The summed E-state index contributed by atoms with van der Waals surface area (Å²) in [4.78, 5) is 24.9. The first-order valence-electron chi connectivity index (χ1n) is 4.05. The van der Waals surface area contributed by atoms with E-state index >= 15 is 0 Å². The number of nitrogens with zero attached hydrogens (tertiary/aromatic N) is 2. The van der Waals surface area contributed by atoms with E-state index in [4.69, 9.17) is 0 Å². The smallest absolute Gasteiger partial charge is 0.261 e. The lowest BCUT2D eigenvalue weighted by Crippen LogP contribution is -1.97. The maximum Gasteiger partial charge on any atom is 0.335 e. The van der Waals surface area contributed by atoms with Crippen LogP contribution in [0.4, 0.5) is 0 Å². The van der Waals surface area contributed by atoms with Gasteiger partial charge in [0, 0.05) is 10.6 Å². The van der Waals surface area contributed by atoms with Gasteiger partial charge in [0.2, 0.25) is 0 Å². The third-order valence-electron chi connectivity index (χ3n) is 1.90. The van der Waals surface area contributed by atoms with Gasteiger partial charge < -0.3 is 0 Å². The lowest BCUT2D eigenvalue weighted by molar-refractivity contribution is 0.0996. The molecule has 0 bridgehead atoms. The Labute approximate surface area is 79.6 Å². The fourth-order valence-corrected chi connectivity index (χ4v) is 1.23. The molecule has 1 aromatic heterocycles. The third-order valence-corrected chi connectivity index (χ3v) is 1.90. The first kappa shape index (κ1) is 8.50. The zero-order valence-corrected chi connectivity index (χ0v) is 7.18. The summed E-state index contributed by atoms with van der Waals surface area (Å²) in [5.74, 6) is -0.837. The Hall–Kier alpha value is -2.10. The minimum absolute atomic E-state index is 0.0821. The molecule has 0 atom stereocenters. The number of benzene rings is 1. The van der Waals surface area contributed by atoms with E-state index in [1.165, 1.54) is 6.07 Å². The molecule has 0 aliphatic carbocycles. The van der Waals surface area contributed by atoms with Crippen molar-refractivity contribution in [2.75, 3.05) is 0 Å². The molecule has 0 saturated carbocycles. The molecule has 2 aromatic rings. The molecule has 0 saturated heterocycles. The molecule has 68 valence electrons. The highest BCUT2D eigenvalue weighted by Gasteiger charge is 2.07. The summed E-state index contributed by atoms with van der Waals surface area (Å²) < 4.78 is 0. The zero-order chi connectivity index (χ0) is 9.97. The number of hydrogen-bond acceptors (Lipinski definition) is 3. The second-order valence-corrected chi connectivity index (χ2v) is 2.79. The van der Waals surface area contributed by atoms with Crippen LogP contribution in [0.1, 0.15) is 10.5 Å². The lowest BCUT2D eigenvalue weighted by atomic mass is 10.2. The van der Waals surface area contributed by atoms with Gasteiger partial charge in [-0.05, 0) is 12.1 Å². The molecule has 4 nitrogen and oxygen atoms in total. The molecule has 0 unspecified atom stereocenters. The predicted molar refractivity (Wildman–Crippen MR) is 51.9 cm³/mol. The lowest BCUT2D eigenvalue weighted by Gasteiger charge is -1.97. The summed E-state index contributed by atoms with van der Waals surface area (Å²) in [6.07, 6.45) is 0. The van der Waals surface area contributed by atoms with Crippen LogP contribution in [0.2, 0.25) is 0 Å². The SMILES string of the molecule is O=NC(=O)c1ccc2ccccc2n1. The average molecular weight is 186 g/mol. The van der Waals surface area contributed by atoms with E-state index in [2.05, 4.69) is 10.2 Å². The van der Waals surface area contributed by atoms with Gasteiger partial charge in [0.05, 0.1) is 5.52 Å². The van der Waals surface area contributed by atoms with Crippen molar-refractivity contribution in [2.24, 2.45) is 5.18 Å². The van der Waals surface area contributed by atoms with E-state index < -0.39 is 5.91 Å². The highest BCUT2D eigenvalue weighted by atomic mass is 16.3. The second kappa shape index (κ2) is 3.33. The van der Waals surface area contributed by atoms with Crippen molar-refractivity contribution < 1.29 is 4.79 Å². The normalized spacial score (nSPS) is 10.0. The number of hydrogen-bond donors (Lipinski definition) is 0. The maximum atomic E-state index is 10.9. The van der Waals surface area contributed by atoms with Crippen molar-refractivity contribution in [1.29, 1.82) is 0 Å². The fraction of sp³-hybridized carbons (Fsp3) is 0. The molecule has 0 radical (unpaired) electrons. The van der Waals surface area contributed by atoms with Crippen molar-refractivity contribution in [1.82, 2.24) is 4.98 Å². The Morgan fingerprint density at radius 3 is 2.71 bits per heavy atom. The zero-order valence-electron chi connectivity index (χ0n) is 7.18. The molecule has 14 heavy (non-hydrogen) atoms. The molecule has 0 fully saturated rings. The van der Waals surface area contributed by atoms with Gasteiger partial charge in [-0.1, -0.05) is 24.3 Å². The summed E-state index contributed by atoms with van der Waals surface area (Å²) in [5.41, 5.74) is 0.765. The Kier molecular flexibility index (Phi) is 2.02. The molecular formula is C10H6N2O2. The first-order chi connectivity index (χ1) is 6.81. The molecule has 1 aromatic carbocycles. The van der Waals surface area contributed by atoms with Gasteiger partial charge in [-0.25, -0.2) is 4.98 Å². The number of carbonyl (C=O) groups is 1. The van der Waals surface area contributed by atoms with Crippen LogP contribution in [-0.2, 0) is 0 Å². The Balaban J connectivity index is 2.62. The van der Waals surface area contributed by atoms with E-state index in [0.29, 0.717) is 5.52 Å². The van der Waals surface area contributed by atoms with Crippen LogP contribution in [0.5, 0.6) is 0 Å². The molecule has 0 N–H and O–H groups in total. The maximum absolute atomic E-state index is 10.9. The number of amides is 1. The first-order valence-corrected chi connectivity index (χ1v) is 4.05. The number of nitroso groups, excluding NO2 is 1. The number of fused-ring (bicyclic) bond motifs is 1. The Morgan fingerprint density at radius 1 is 1.14 bits per heavy atom. The topological polar surface area (TPSA) is 59.4 Å². The molecule has 0 aliphatic heterocycles. The van der Waals surface area contributed by atoms with Gasteiger partial charge in [0.1, 0.15) is 5.69 Å². The summed E-state index contributed by atoms with van der Waals surface area (Å²) in [6, 6.07) is 10.6. The van der Waals surface area contributed by atoms with Crippen molar-refractivity contribution in [2.45, 2.75) is 0 Å². The van der Waals surface area contributed by atoms with E-state index in [0.717, 1.165) is 5.39 Å². The number of pyridine rings is 1. The van der Waals surface area contributed by atoms with E-state index in [-0.39, 0.29) is 5.69 Å². The van der Waals surface area contributed by atoms with Crippen LogP contribution in [0.15, 0.2) is 41.6 Å². The molecule has 1 amide bonds. The summed E-state index contributed by atoms with van der Waals surface area (Å²) in [7, 11) is 0. The van der Waals surface area contributed by atoms with Crippen LogP contribution < -0.4 is 0 Å². The minimum Gasteiger partial charge on any atom is -0.261 e. The van der Waals surface area contributed by atoms with E-state index in [1.54, 1.807) is 12.1 Å². The molecule has 0 aliphatic rings. The number of aromatic nitrogens is 1. The molecule has 2 rings (SSSR count). The number of carbonyl (C=O) groups excluding carboxylic acids is 1. The van der Waals surface area contributed by atoms with Gasteiger partial charge in [-0.2, -0.15) is 0 Å². The van der Waals surface area contributed by atoms with Crippen LogP contribution in [-0.4, -0.2) is 10.9 Å². The summed E-state index contributed by atoms with van der Waals surface area (Å²) in [5, 5.41) is 3.24. The van der Waals surface area contributed by atoms with Gasteiger partial charge in [-0.15, -0.1) is 4.91 Å². The minimum atomic E-state index is -0.837. The Morgan fingerprint density at radius 2 is 1.93 bits per heavy atom. The van der Waals surface area contributed by atoms with Crippen molar-refractivity contribution in [3.05, 3.63) is 47.0 Å². The van der Waals surface area contributed by atoms with Crippen molar-refractivity contribution in [3.8, 4) is 0 Å². The standard InChI is InChI=1S/C10H6N2O2/c13-10(12-14)9-6-5-7-3-1-2-4-8(7)11-9/h1-6H. The summed E-state index contributed by atoms with van der Waals surface area (Å²) in [6.45, 7) is 0. The average Bonchev–Trinajstić information content (AvgIpc) is 2.27. The third kappa shape index (κ3) is 1.37. The van der Waals surface area contributed by atoms with Crippen LogP contribution >= 0.6 is 0 Å². The number of rotatable bonds is 1. The van der Waals surface area contributed by atoms with Gasteiger partial charge >= 0.3 is 5.91 Å². The summed E-state index contributed by atoms with van der Waals surface area (Å²) >= 11 is 0. The molecule has 1 heterocycles. The monoisotopic (exact) mass is 186 g/mol. The molecule has 0 spiro atoms. The predicted octanol–water partition coefficient (Wildman–Crippen LogP) is 2.14. The largest absolute Gasteiger partial charge is 0.335 e. The molecular weight excluding hydrogens is 180 g/mol. The van der Waals surface area contributed by atoms with Crippen LogP contribution in [0.25, 0.3) is 10.9 Å². The van der Waals surface area contributed by atoms with Gasteiger partial charge in [-0.3, -0.25) is 4.79 Å². The van der Waals surface area contributed by atoms with Crippen molar-refractivity contribution >= 4 is 16.8 Å². The fourth-order valence-electron chi connectivity index (χ4n) is 1.23. The molecule has 4 heteroatoms. The highest BCUT2D eigenvalue weighted by molar-refractivity contribution is 5.95.